The van der Waals surface area contributed by atoms with Gasteiger partial charge in [-0.3, -0.25) is 34.2 Å². The summed E-state index contributed by atoms with van der Waals surface area (Å²) in [6.45, 7) is 0.802. The van der Waals surface area contributed by atoms with E-state index in [-0.39, 0.29) is 22.2 Å². The molecule has 0 fully saturated rings. The minimum absolute atomic E-state index is 0.110. The molecule has 2 heterocycles. The summed E-state index contributed by atoms with van der Waals surface area (Å²) in [5.74, 6) is -2.52. The van der Waals surface area contributed by atoms with Crippen LogP contribution in [0.3, 0.4) is 0 Å². The fourth-order valence-corrected chi connectivity index (χ4v) is 4.04. The van der Waals surface area contributed by atoms with E-state index < -0.39 is 34.9 Å². The summed E-state index contributed by atoms with van der Waals surface area (Å²) in [7, 11) is 0. The largest absolute Gasteiger partial charge is 0.326 e. The number of imide groups is 1. The molecule has 0 atom stereocenters. The van der Waals surface area contributed by atoms with Crippen molar-refractivity contribution in [2.75, 3.05) is 17.2 Å². The molecule has 0 spiro atoms. The Hall–Kier alpha value is -4.45. The maximum Gasteiger partial charge on any atom is 0.282 e. The average molecular weight is 465 g/mol. The molecule has 0 aliphatic carbocycles. The van der Waals surface area contributed by atoms with Gasteiger partial charge in [-0.25, -0.2) is 4.98 Å². The number of nitro groups is 1. The molecule has 33 heavy (non-hydrogen) atoms. The Bertz CT molecular complexity index is 1320. The van der Waals surface area contributed by atoms with Crippen LogP contribution in [0.4, 0.5) is 16.5 Å². The molecule has 2 aromatic carbocycles. The molecule has 0 bridgehead atoms. The highest BCUT2D eigenvalue weighted by molar-refractivity contribution is 7.14. The van der Waals surface area contributed by atoms with Gasteiger partial charge in [-0.05, 0) is 18.2 Å². The van der Waals surface area contributed by atoms with Crippen LogP contribution in [-0.2, 0) is 9.59 Å². The predicted octanol–water partition coefficient (Wildman–Crippen LogP) is 2.91. The summed E-state index contributed by atoms with van der Waals surface area (Å²) in [6.07, 6.45) is 0. The first-order chi connectivity index (χ1) is 15.7. The smallest absolute Gasteiger partial charge is 0.282 e. The van der Waals surface area contributed by atoms with Crippen LogP contribution in [0.15, 0.2) is 47.8 Å². The van der Waals surface area contributed by atoms with Crippen LogP contribution in [0.2, 0.25) is 0 Å². The summed E-state index contributed by atoms with van der Waals surface area (Å²) >= 11 is 1.15. The monoisotopic (exact) mass is 465 g/mol. The van der Waals surface area contributed by atoms with Crippen molar-refractivity contribution in [1.29, 1.82) is 0 Å². The standard InChI is InChI=1S/C21H15N5O6S/c1-11(27)22-13-7-5-12(6-8-13)15-10-33-21(23-15)24-17(28)9-25-19(29)14-3-2-4-16(26(31)32)18(14)20(25)30/h2-8,10H,9H2,1H3,(H,22,27)(H,23,24,28). The lowest BCUT2D eigenvalue weighted by molar-refractivity contribution is -0.385. The van der Waals surface area contributed by atoms with E-state index in [0.29, 0.717) is 16.3 Å². The first-order valence-electron chi connectivity index (χ1n) is 9.51. The average Bonchev–Trinajstić information content (AvgIpc) is 3.32. The molecule has 4 rings (SSSR count). The number of aromatic nitrogens is 1. The first kappa shape index (κ1) is 21.8. The number of nitrogens with zero attached hydrogens (tertiary/aromatic N) is 3. The van der Waals surface area contributed by atoms with Gasteiger partial charge >= 0.3 is 0 Å². The van der Waals surface area contributed by atoms with Gasteiger partial charge in [0, 0.05) is 29.6 Å². The number of thiazole rings is 1. The van der Waals surface area contributed by atoms with Crippen LogP contribution < -0.4 is 10.6 Å². The second-order valence-electron chi connectivity index (χ2n) is 7.00. The maximum absolute atomic E-state index is 12.6. The number of amides is 4. The molecule has 4 amide bonds. The molecule has 3 aromatic rings. The van der Waals surface area contributed by atoms with E-state index in [2.05, 4.69) is 15.6 Å². The number of anilines is 2. The Balaban J connectivity index is 1.44. The number of hydrogen-bond acceptors (Lipinski definition) is 8. The van der Waals surface area contributed by atoms with E-state index in [9.17, 15) is 29.3 Å². The molecular formula is C21H15N5O6S. The summed E-state index contributed by atoms with van der Waals surface area (Å²) in [5.41, 5.74) is 1.06. The van der Waals surface area contributed by atoms with Crippen molar-refractivity contribution < 1.29 is 24.1 Å². The highest BCUT2D eigenvalue weighted by Gasteiger charge is 2.41. The van der Waals surface area contributed by atoms with Gasteiger partial charge in [0.25, 0.3) is 17.5 Å². The van der Waals surface area contributed by atoms with Gasteiger partial charge in [-0.1, -0.05) is 18.2 Å². The zero-order chi connectivity index (χ0) is 23.7. The van der Waals surface area contributed by atoms with Crippen LogP contribution in [0, 0.1) is 10.1 Å². The van der Waals surface area contributed by atoms with Crippen molar-refractivity contribution in [2.24, 2.45) is 0 Å². The maximum atomic E-state index is 12.6. The van der Waals surface area contributed by atoms with Gasteiger partial charge in [-0.2, -0.15) is 0 Å². The van der Waals surface area contributed by atoms with E-state index in [4.69, 9.17) is 0 Å². The number of rotatable bonds is 6. The molecule has 11 nitrogen and oxygen atoms in total. The van der Waals surface area contributed by atoms with Crippen LogP contribution in [0.1, 0.15) is 27.6 Å². The van der Waals surface area contributed by atoms with Gasteiger partial charge in [0.2, 0.25) is 11.8 Å². The fraction of sp³-hybridized carbons (Fsp3) is 0.0952. The van der Waals surface area contributed by atoms with Crippen LogP contribution in [0.5, 0.6) is 0 Å². The number of carbonyl (C=O) groups excluding carboxylic acids is 4. The number of fused-ring (bicyclic) bond motifs is 1. The Morgan fingerprint density at radius 3 is 2.48 bits per heavy atom. The molecule has 0 unspecified atom stereocenters. The lowest BCUT2D eigenvalue weighted by Crippen LogP contribution is -2.37. The zero-order valence-corrected chi connectivity index (χ0v) is 17.8. The van der Waals surface area contributed by atoms with Gasteiger partial charge in [0.1, 0.15) is 12.1 Å². The summed E-state index contributed by atoms with van der Waals surface area (Å²) in [5, 5.41) is 18.4. The van der Waals surface area contributed by atoms with E-state index in [1.807, 2.05) is 0 Å². The van der Waals surface area contributed by atoms with E-state index in [0.717, 1.165) is 23.0 Å². The van der Waals surface area contributed by atoms with Gasteiger partial charge in [0.15, 0.2) is 5.13 Å². The second kappa shape index (κ2) is 8.59. The van der Waals surface area contributed by atoms with E-state index in [1.165, 1.54) is 19.1 Å². The second-order valence-corrected chi connectivity index (χ2v) is 7.86. The predicted molar refractivity (Wildman–Crippen MR) is 119 cm³/mol. The van der Waals surface area contributed by atoms with Crippen molar-refractivity contribution >= 4 is 51.5 Å². The molecule has 2 N–H and O–H groups in total. The van der Waals surface area contributed by atoms with Gasteiger partial charge in [-0.15, -0.1) is 11.3 Å². The Morgan fingerprint density at radius 1 is 1.09 bits per heavy atom. The van der Waals surface area contributed by atoms with Crippen molar-refractivity contribution in [1.82, 2.24) is 9.88 Å². The Morgan fingerprint density at radius 2 is 1.82 bits per heavy atom. The Labute approximate surface area is 190 Å². The summed E-state index contributed by atoms with van der Waals surface area (Å²) in [4.78, 5) is 64.1. The molecule has 12 heteroatoms. The summed E-state index contributed by atoms with van der Waals surface area (Å²) in [6, 6.07) is 10.7. The third-order valence-corrected chi connectivity index (χ3v) is 5.48. The Kier molecular flexibility index (Phi) is 5.67. The number of benzene rings is 2. The SMILES string of the molecule is CC(=O)Nc1ccc(-c2csc(NC(=O)CN3C(=O)c4cccc([N+](=O)[O-])c4C3=O)n2)cc1. The van der Waals surface area contributed by atoms with Crippen LogP contribution in [-0.4, -0.2) is 45.0 Å². The lowest BCUT2D eigenvalue weighted by atomic mass is 10.1. The van der Waals surface area contributed by atoms with Crippen molar-refractivity contribution in [3.05, 3.63) is 69.1 Å². The number of hydrogen-bond donors (Lipinski definition) is 2. The van der Waals surface area contributed by atoms with Crippen molar-refractivity contribution in [3.63, 3.8) is 0 Å². The van der Waals surface area contributed by atoms with Crippen molar-refractivity contribution in [3.8, 4) is 11.3 Å². The van der Waals surface area contributed by atoms with Crippen LogP contribution in [0.25, 0.3) is 11.3 Å². The number of nitrogens with one attached hydrogen (secondary N) is 2. The number of nitro benzene ring substituents is 1. The lowest BCUT2D eigenvalue weighted by Gasteiger charge is -2.12. The molecule has 1 aliphatic rings. The normalized spacial score (nSPS) is 12.5. The van der Waals surface area contributed by atoms with Crippen LogP contribution >= 0.6 is 11.3 Å². The van der Waals surface area contributed by atoms with Gasteiger partial charge in [0.05, 0.1) is 16.2 Å². The first-order valence-corrected chi connectivity index (χ1v) is 10.4. The molecule has 1 aromatic heterocycles. The molecule has 0 radical (unpaired) electrons. The molecular weight excluding hydrogens is 450 g/mol. The summed E-state index contributed by atoms with van der Waals surface area (Å²) < 4.78 is 0. The molecule has 0 saturated carbocycles. The van der Waals surface area contributed by atoms with Crippen molar-refractivity contribution in [2.45, 2.75) is 6.92 Å². The minimum Gasteiger partial charge on any atom is -0.326 e. The van der Waals surface area contributed by atoms with Gasteiger partial charge < -0.3 is 10.6 Å². The van der Waals surface area contributed by atoms with E-state index >= 15 is 0 Å². The van der Waals surface area contributed by atoms with E-state index in [1.54, 1.807) is 29.6 Å². The third kappa shape index (κ3) is 4.32. The highest BCUT2D eigenvalue weighted by atomic mass is 32.1. The third-order valence-electron chi connectivity index (χ3n) is 4.73. The minimum atomic E-state index is -0.892. The fourth-order valence-electron chi connectivity index (χ4n) is 3.31. The molecule has 166 valence electrons. The molecule has 1 aliphatic heterocycles. The quantitative estimate of drug-likeness (QED) is 0.322. The molecule has 0 saturated heterocycles. The highest BCUT2D eigenvalue weighted by Crippen LogP contribution is 2.31. The number of carbonyl (C=O) groups is 4. The zero-order valence-electron chi connectivity index (χ0n) is 17.0. The topological polar surface area (TPSA) is 152 Å².